The van der Waals surface area contributed by atoms with Gasteiger partial charge in [-0.3, -0.25) is 9.36 Å². The number of carbonyl (C=O) groups excluding carboxylic acids is 1. The van der Waals surface area contributed by atoms with E-state index in [9.17, 15) is 4.79 Å². The number of anilines is 1. The van der Waals surface area contributed by atoms with Crippen LogP contribution in [0, 0.1) is 0 Å². The molecular formula is C13H14N4O2S. The van der Waals surface area contributed by atoms with Crippen LogP contribution in [-0.2, 0) is 0 Å². The van der Waals surface area contributed by atoms with Crippen molar-refractivity contribution in [1.82, 2.24) is 14.8 Å². The molecule has 6 nitrogen and oxygen atoms in total. The number of methoxy groups -OCH3 is 1. The second-order valence-electron chi connectivity index (χ2n) is 4.46. The summed E-state index contributed by atoms with van der Waals surface area (Å²) in [4.78, 5) is 12.5. The largest absolute Gasteiger partial charge is 0.497 e. The Kier molecular flexibility index (Phi) is 3.13. The van der Waals surface area contributed by atoms with E-state index in [1.54, 1.807) is 13.2 Å². The molecule has 1 atom stereocenters. The molecule has 7 heteroatoms. The van der Waals surface area contributed by atoms with Gasteiger partial charge in [0.05, 0.1) is 18.8 Å². The van der Waals surface area contributed by atoms with E-state index in [0.717, 1.165) is 10.8 Å². The fraction of sp³-hybridized carbons (Fsp3) is 0.308. The molecule has 0 saturated heterocycles. The lowest BCUT2D eigenvalue weighted by Gasteiger charge is -2.10. The molecule has 0 saturated carbocycles. The zero-order valence-corrected chi connectivity index (χ0v) is 12.2. The Morgan fingerprint density at radius 2 is 2.20 bits per heavy atom. The first-order valence-electron chi connectivity index (χ1n) is 6.14. The van der Waals surface area contributed by atoms with E-state index in [-0.39, 0.29) is 11.8 Å². The highest BCUT2D eigenvalue weighted by Crippen LogP contribution is 2.31. The van der Waals surface area contributed by atoms with Gasteiger partial charge in [-0.15, -0.1) is 10.2 Å². The highest BCUT2D eigenvalue weighted by Gasteiger charge is 2.28. The van der Waals surface area contributed by atoms with Gasteiger partial charge >= 0.3 is 0 Å². The topological polar surface area (TPSA) is 69.0 Å². The van der Waals surface area contributed by atoms with Gasteiger partial charge in [-0.1, -0.05) is 11.8 Å². The van der Waals surface area contributed by atoms with Crippen LogP contribution in [-0.4, -0.2) is 40.0 Å². The zero-order valence-electron chi connectivity index (χ0n) is 11.4. The molecule has 0 bridgehead atoms. The molecule has 1 aromatic heterocycles. The van der Waals surface area contributed by atoms with Crippen molar-refractivity contribution >= 4 is 23.5 Å². The summed E-state index contributed by atoms with van der Waals surface area (Å²) in [6.45, 7) is 1.81. The summed E-state index contributed by atoms with van der Waals surface area (Å²) in [6.07, 6.45) is 1.93. The Hall–Kier alpha value is -2.02. The third-order valence-corrected chi connectivity index (χ3v) is 3.89. The standard InChI is InChI=1S/C13H14N4O2S/c1-7-11(18)9-6-8(19-2)4-5-10(9)17-12(14-7)15-16-13(17)20-3/h4-7H,1-3H3,(H,14,15)/t7-/m0/s1. The fourth-order valence-electron chi connectivity index (χ4n) is 2.24. The Morgan fingerprint density at radius 3 is 2.90 bits per heavy atom. The van der Waals surface area contributed by atoms with Crippen LogP contribution in [0.3, 0.4) is 0 Å². The predicted molar refractivity (Wildman–Crippen MR) is 77.1 cm³/mol. The molecule has 0 fully saturated rings. The molecule has 3 rings (SSSR count). The summed E-state index contributed by atoms with van der Waals surface area (Å²) in [6, 6.07) is 5.09. The molecule has 104 valence electrons. The summed E-state index contributed by atoms with van der Waals surface area (Å²) in [7, 11) is 1.59. The van der Waals surface area contributed by atoms with Crippen LogP contribution in [0.4, 0.5) is 5.95 Å². The molecule has 2 aromatic rings. The number of carbonyl (C=O) groups is 1. The Balaban J connectivity index is 2.29. The van der Waals surface area contributed by atoms with Gasteiger partial charge in [-0.25, -0.2) is 0 Å². The quantitative estimate of drug-likeness (QED) is 0.853. The van der Waals surface area contributed by atoms with Gasteiger partial charge in [0.15, 0.2) is 10.9 Å². The summed E-state index contributed by atoms with van der Waals surface area (Å²) >= 11 is 1.48. The number of nitrogens with zero attached hydrogens (tertiary/aromatic N) is 3. The van der Waals surface area contributed by atoms with E-state index in [1.165, 1.54) is 11.8 Å². The lowest BCUT2D eigenvalue weighted by molar-refractivity contribution is 0.0976. The van der Waals surface area contributed by atoms with Crippen molar-refractivity contribution in [3.05, 3.63) is 23.8 Å². The number of hydrogen-bond donors (Lipinski definition) is 1. The number of benzene rings is 1. The van der Waals surface area contributed by atoms with E-state index < -0.39 is 0 Å². The van der Waals surface area contributed by atoms with Gasteiger partial charge in [-0.05, 0) is 31.4 Å². The van der Waals surface area contributed by atoms with Crippen LogP contribution in [0.25, 0.3) is 5.69 Å². The summed E-state index contributed by atoms with van der Waals surface area (Å²) in [5.41, 5.74) is 1.38. The second kappa shape index (κ2) is 4.82. The van der Waals surface area contributed by atoms with Crippen molar-refractivity contribution in [3.8, 4) is 11.4 Å². The third-order valence-electron chi connectivity index (χ3n) is 3.26. The lowest BCUT2D eigenvalue weighted by atomic mass is 10.0. The van der Waals surface area contributed by atoms with Crippen LogP contribution < -0.4 is 10.1 Å². The predicted octanol–water partition coefficient (Wildman–Crippen LogP) is 1.99. The lowest BCUT2D eigenvalue weighted by Crippen LogP contribution is -2.25. The highest BCUT2D eigenvalue weighted by atomic mass is 32.2. The molecule has 0 aliphatic carbocycles. The highest BCUT2D eigenvalue weighted by molar-refractivity contribution is 7.98. The average molecular weight is 290 g/mol. The summed E-state index contributed by atoms with van der Waals surface area (Å²) < 4.78 is 7.07. The molecule has 2 heterocycles. The fourth-order valence-corrected chi connectivity index (χ4v) is 2.73. The van der Waals surface area contributed by atoms with E-state index >= 15 is 0 Å². The first-order chi connectivity index (χ1) is 9.65. The van der Waals surface area contributed by atoms with Crippen molar-refractivity contribution in [2.45, 2.75) is 18.1 Å². The van der Waals surface area contributed by atoms with Gasteiger partial charge in [-0.2, -0.15) is 0 Å². The number of nitrogens with one attached hydrogen (secondary N) is 1. The van der Waals surface area contributed by atoms with Crippen LogP contribution in [0.5, 0.6) is 5.75 Å². The molecule has 0 unspecified atom stereocenters. The number of ether oxygens (including phenoxy) is 1. The Morgan fingerprint density at radius 1 is 1.40 bits per heavy atom. The maximum absolute atomic E-state index is 12.5. The first kappa shape index (κ1) is 13.0. The molecular weight excluding hydrogens is 276 g/mol. The minimum absolute atomic E-state index is 0.0106. The molecule has 1 aromatic carbocycles. The third kappa shape index (κ3) is 1.85. The van der Waals surface area contributed by atoms with E-state index in [1.807, 2.05) is 29.9 Å². The van der Waals surface area contributed by atoms with Crippen LogP contribution in [0.2, 0.25) is 0 Å². The normalized spacial score (nSPS) is 16.9. The molecule has 0 amide bonds. The summed E-state index contributed by atoms with van der Waals surface area (Å²) in [5.74, 6) is 1.25. The van der Waals surface area contributed by atoms with Crippen molar-refractivity contribution < 1.29 is 9.53 Å². The second-order valence-corrected chi connectivity index (χ2v) is 5.23. The van der Waals surface area contributed by atoms with Gasteiger partial charge in [0.25, 0.3) is 0 Å². The number of aromatic nitrogens is 3. The van der Waals surface area contributed by atoms with Crippen molar-refractivity contribution in [2.24, 2.45) is 0 Å². The van der Waals surface area contributed by atoms with Crippen molar-refractivity contribution in [3.63, 3.8) is 0 Å². The number of thioether (sulfide) groups is 1. The Bertz CT molecular complexity index is 683. The van der Waals surface area contributed by atoms with Crippen LogP contribution in [0.15, 0.2) is 23.4 Å². The van der Waals surface area contributed by atoms with Crippen molar-refractivity contribution in [2.75, 3.05) is 18.7 Å². The zero-order chi connectivity index (χ0) is 14.3. The van der Waals surface area contributed by atoms with Crippen LogP contribution in [0.1, 0.15) is 17.3 Å². The van der Waals surface area contributed by atoms with E-state index in [0.29, 0.717) is 17.3 Å². The summed E-state index contributed by atoms with van der Waals surface area (Å²) in [5, 5.41) is 12.1. The first-order valence-corrected chi connectivity index (χ1v) is 7.36. The molecule has 1 aliphatic rings. The SMILES string of the molecule is COc1ccc2c(c1)C(=O)[C@H](C)Nc1nnc(SC)n1-2. The van der Waals surface area contributed by atoms with Crippen molar-refractivity contribution in [1.29, 1.82) is 0 Å². The molecule has 0 spiro atoms. The van der Waals surface area contributed by atoms with E-state index in [4.69, 9.17) is 4.74 Å². The van der Waals surface area contributed by atoms with Crippen LogP contribution >= 0.6 is 11.8 Å². The molecule has 20 heavy (non-hydrogen) atoms. The number of hydrogen-bond acceptors (Lipinski definition) is 6. The number of fused-ring (bicyclic) bond motifs is 3. The van der Waals surface area contributed by atoms with Gasteiger partial charge in [0, 0.05) is 5.56 Å². The van der Waals surface area contributed by atoms with Gasteiger partial charge in [0.2, 0.25) is 5.95 Å². The van der Waals surface area contributed by atoms with E-state index in [2.05, 4.69) is 15.5 Å². The molecule has 0 radical (unpaired) electrons. The average Bonchev–Trinajstić information content (AvgIpc) is 2.84. The number of ketones is 1. The number of rotatable bonds is 2. The minimum atomic E-state index is -0.360. The van der Waals surface area contributed by atoms with Gasteiger partial charge in [0.1, 0.15) is 5.75 Å². The monoisotopic (exact) mass is 290 g/mol. The minimum Gasteiger partial charge on any atom is -0.497 e. The maximum atomic E-state index is 12.5. The Labute approximate surface area is 120 Å². The maximum Gasteiger partial charge on any atom is 0.230 e. The molecule has 1 aliphatic heterocycles. The number of Topliss-reactive ketones (excluding diaryl/α,β-unsaturated/α-hetero) is 1. The smallest absolute Gasteiger partial charge is 0.230 e. The van der Waals surface area contributed by atoms with Gasteiger partial charge < -0.3 is 10.1 Å². The molecule has 1 N–H and O–H groups in total.